The average molecular weight is 229 g/mol. The number of carboxylic acids is 1. The number of hydrogen-bond acceptors (Lipinski definition) is 3. The van der Waals surface area contributed by atoms with Crippen molar-refractivity contribution in [2.24, 2.45) is 11.8 Å². The van der Waals surface area contributed by atoms with E-state index >= 15 is 0 Å². The Balaban J connectivity index is 2.64. The maximum absolute atomic E-state index is 11.9. The van der Waals surface area contributed by atoms with Gasteiger partial charge in [0.25, 0.3) is 5.91 Å². The van der Waals surface area contributed by atoms with Crippen molar-refractivity contribution >= 4 is 11.9 Å². The van der Waals surface area contributed by atoms with Gasteiger partial charge in [-0.2, -0.15) is 0 Å². The Labute approximate surface area is 95.4 Å². The topological polar surface area (TPSA) is 66.8 Å². The summed E-state index contributed by atoms with van der Waals surface area (Å²) >= 11 is 0. The first-order chi connectivity index (χ1) is 7.51. The smallest absolute Gasteiger partial charge is 0.308 e. The lowest BCUT2D eigenvalue weighted by Gasteiger charge is -2.21. The fourth-order valence-corrected chi connectivity index (χ4v) is 2.11. The van der Waals surface area contributed by atoms with Crippen molar-refractivity contribution in [2.75, 3.05) is 20.2 Å². The molecule has 1 N–H and O–H groups in total. The molecule has 0 aromatic heterocycles. The Kier molecular flexibility index (Phi) is 4.29. The first kappa shape index (κ1) is 13.0. The van der Waals surface area contributed by atoms with E-state index in [0.717, 1.165) is 0 Å². The second-order valence-corrected chi connectivity index (χ2v) is 4.30. The number of hydrogen-bond donors (Lipinski definition) is 1. The minimum Gasteiger partial charge on any atom is -0.481 e. The number of amides is 1. The number of aliphatic carboxylic acids is 1. The third-order valence-corrected chi connectivity index (χ3v) is 3.17. The highest BCUT2D eigenvalue weighted by Gasteiger charge is 2.38. The van der Waals surface area contributed by atoms with E-state index in [-0.39, 0.29) is 11.8 Å². The van der Waals surface area contributed by atoms with Crippen LogP contribution in [0, 0.1) is 11.8 Å². The standard InChI is InChI=1S/C11H19NO4/c1-4-9(16-3)10(13)12-5-7(2)8(6-12)11(14)15/h7-9H,4-6H2,1-3H3,(H,14,15)/t7-,8-,9?/m1/s1. The molecule has 0 saturated carbocycles. The Morgan fingerprint density at radius 2 is 2.12 bits per heavy atom. The largest absolute Gasteiger partial charge is 0.481 e. The lowest BCUT2D eigenvalue weighted by Crippen LogP contribution is -2.38. The van der Waals surface area contributed by atoms with Crippen molar-refractivity contribution < 1.29 is 19.4 Å². The zero-order valence-corrected chi connectivity index (χ0v) is 9.97. The first-order valence-electron chi connectivity index (χ1n) is 5.55. The van der Waals surface area contributed by atoms with Gasteiger partial charge in [0.2, 0.25) is 0 Å². The second-order valence-electron chi connectivity index (χ2n) is 4.30. The number of carbonyl (C=O) groups excluding carboxylic acids is 1. The van der Waals surface area contributed by atoms with Crippen LogP contribution in [0.5, 0.6) is 0 Å². The minimum atomic E-state index is -0.826. The highest BCUT2D eigenvalue weighted by molar-refractivity contribution is 5.82. The van der Waals surface area contributed by atoms with Crippen LogP contribution in [0.3, 0.4) is 0 Å². The van der Waals surface area contributed by atoms with E-state index in [0.29, 0.717) is 19.5 Å². The molecule has 0 spiro atoms. The third kappa shape index (κ3) is 2.52. The maximum Gasteiger partial charge on any atom is 0.308 e. The van der Waals surface area contributed by atoms with E-state index in [4.69, 9.17) is 9.84 Å². The summed E-state index contributed by atoms with van der Waals surface area (Å²) in [6.07, 6.45) is 0.164. The fraction of sp³-hybridized carbons (Fsp3) is 0.818. The molecule has 1 heterocycles. The third-order valence-electron chi connectivity index (χ3n) is 3.17. The van der Waals surface area contributed by atoms with E-state index in [1.807, 2.05) is 13.8 Å². The van der Waals surface area contributed by atoms with Gasteiger partial charge in [0, 0.05) is 20.2 Å². The van der Waals surface area contributed by atoms with Crippen LogP contribution in [-0.4, -0.2) is 48.2 Å². The lowest BCUT2D eigenvalue weighted by atomic mass is 9.99. The molecule has 1 rings (SSSR count). The Bertz CT molecular complexity index is 275. The summed E-state index contributed by atoms with van der Waals surface area (Å²) in [6.45, 7) is 4.55. The Morgan fingerprint density at radius 3 is 2.50 bits per heavy atom. The van der Waals surface area contributed by atoms with Crippen LogP contribution >= 0.6 is 0 Å². The van der Waals surface area contributed by atoms with Crippen LogP contribution < -0.4 is 0 Å². The maximum atomic E-state index is 11.9. The molecule has 1 fully saturated rings. The molecule has 1 aliphatic rings. The van der Waals surface area contributed by atoms with Crippen LogP contribution in [0.4, 0.5) is 0 Å². The van der Waals surface area contributed by atoms with Gasteiger partial charge in [0.15, 0.2) is 0 Å². The summed E-state index contributed by atoms with van der Waals surface area (Å²) < 4.78 is 5.07. The monoisotopic (exact) mass is 229 g/mol. The molecule has 0 aromatic rings. The van der Waals surface area contributed by atoms with E-state index < -0.39 is 18.0 Å². The van der Waals surface area contributed by atoms with Crippen molar-refractivity contribution in [2.45, 2.75) is 26.4 Å². The molecule has 92 valence electrons. The minimum absolute atomic E-state index is 0.0100. The molecular weight excluding hydrogens is 210 g/mol. The van der Waals surface area contributed by atoms with Crippen molar-refractivity contribution in [1.82, 2.24) is 4.90 Å². The van der Waals surface area contributed by atoms with Gasteiger partial charge in [-0.15, -0.1) is 0 Å². The van der Waals surface area contributed by atoms with Gasteiger partial charge in [-0.05, 0) is 12.3 Å². The number of nitrogens with zero attached hydrogens (tertiary/aromatic N) is 1. The number of carboxylic acid groups (broad SMARTS) is 1. The molecule has 1 unspecified atom stereocenters. The molecule has 5 nitrogen and oxygen atoms in total. The summed E-state index contributed by atoms with van der Waals surface area (Å²) in [7, 11) is 1.50. The molecule has 0 aromatic carbocycles. The average Bonchev–Trinajstić information content (AvgIpc) is 2.62. The number of ether oxygens (including phenoxy) is 1. The molecule has 1 saturated heterocycles. The molecule has 5 heteroatoms. The number of likely N-dealkylation sites (tertiary alicyclic amines) is 1. The quantitative estimate of drug-likeness (QED) is 0.766. The van der Waals surface area contributed by atoms with E-state index in [1.165, 1.54) is 7.11 Å². The highest BCUT2D eigenvalue weighted by atomic mass is 16.5. The van der Waals surface area contributed by atoms with Crippen LogP contribution in [0.25, 0.3) is 0 Å². The van der Waals surface area contributed by atoms with E-state index in [1.54, 1.807) is 4.90 Å². The predicted molar refractivity (Wildman–Crippen MR) is 58.0 cm³/mol. The van der Waals surface area contributed by atoms with Crippen molar-refractivity contribution in [3.63, 3.8) is 0 Å². The van der Waals surface area contributed by atoms with Gasteiger partial charge in [-0.1, -0.05) is 13.8 Å². The van der Waals surface area contributed by atoms with Gasteiger partial charge in [-0.3, -0.25) is 9.59 Å². The molecule has 1 aliphatic heterocycles. The summed E-state index contributed by atoms with van der Waals surface area (Å²) in [5, 5.41) is 8.97. The van der Waals surface area contributed by atoms with Crippen molar-refractivity contribution in [1.29, 1.82) is 0 Å². The normalized spacial score (nSPS) is 26.8. The fourth-order valence-electron chi connectivity index (χ4n) is 2.11. The molecule has 0 radical (unpaired) electrons. The molecule has 1 amide bonds. The molecule has 0 aliphatic carbocycles. The van der Waals surface area contributed by atoms with Crippen LogP contribution in [0.1, 0.15) is 20.3 Å². The van der Waals surface area contributed by atoms with E-state index in [2.05, 4.69) is 0 Å². The zero-order chi connectivity index (χ0) is 12.3. The molecule has 0 bridgehead atoms. The Morgan fingerprint density at radius 1 is 1.50 bits per heavy atom. The summed E-state index contributed by atoms with van der Waals surface area (Å²) in [6, 6.07) is 0. The van der Waals surface area contributed by atoms with E-state index in [9.17, 15) is 9.59 Å². The van der Waals surface area contributed by atoms with Gasteiger partial charge < -0.3 is 14.7 Å². The molecule has 3 atom stereocenters. The van der Waals surface area contributed by atoms with Crippen LogP contribution in [0.2, 0.25) is 0 Å². The number of carbonyl (C=O) groups is 2. The van der Waals surface area contributed by atoms with Gasteiger partial charge in [0.1, 0.15) is 6.10 Å². The van der Waals surface area contributed by atoms with Crippen LogP contribution in [0.15, 0.2) is 0 Å². The molecular formula is C11H19NO4. The lowest BCUT2D eigenvalue weighted by molar-refractivity contribution is -0.143. The van der Waals surface area contributed by atoms with Gasteiger partial charge >= 0.3 is 5.97 Å². The summed E-state index contributed by atoms with van der Waals surface area (Å²) in [5.41, 5.74) is 0. The van der Waals surface area contributed by atoms with Crippen molar-refractivity contribution in [3.8, 4) is 0 Å². The summed E-state index contributed by atoms with van der Waals surface area (Å²) in [5.74, 6) is -1.36. The summed E-state index contributed by atoms with van der Waals surface area (Å²) in [4.78, 5) is 24.4. The Hall–Kier alpha value is -1.10. The highest BCUT2D eigenvalue weighted by Crippen LogP contribution is 2.24. The SMILES string of the molecule is CCC(OC)C(=O)N1C[C@@H](C)[C@H](C(=O)O)C1. The number of rotatable bonds is 4. The number of methoxy groups -OCH3 is 1. The predicted octanol–water partition coefficient (Wildman–Crippen LogP) is 0.591. The zero-order valence-electron chi connectivity index (χ0n) is 9.97. The van der Waals surface area contributed by atoms with Gasteiger partial charge in [0.05, 0.1) is 5.92 Å². The van der Waals surface area contributed by atoms with Crippen molar-refractivity contribution in [3.05, 3.63) is 0 Å². The second kappa shape index (κ2) is 5.30. The van der Waals surface area contributed by atoms with Crippen LogP contribution in [-0.2, 0) is 14.3 Å². The first-order valence-corrected chi connectivity index (χ1v) is 5.55. The molecule has 16 heavy (non-hydrogen) atoms. The van der Waals surface area contributed by atoms with Gasteiger partial charge in [-0.25, -0.2) is 0 Å².